The molecule has 1 N–H and O–H groups in total. The molecule has 0 radical (unpaired) electrons. The lowest BCUT2D eigenvalue weighted by Gasteiger charge is -2.08. The van der Waals surface area contributed by atoms with Crippen molar-refractivity contribution in [1.82, 2.24) is 14.9 Å². The summed E-state index contributed by atoms with van der Waals surface area (Å²) < 4.78 is 11.8. The van der Waals surface area contributed by atoms with Crippen LogP contribution in [0, 0.1) is 20.8 Å². The molecule has 3 rings (SSSR count). The summed E-state index contributed by atoms with van der Waals surface area (Å²) >= 11 is 0. The average Bonchev–Trinajstić information content (AvgIpc) is 3.20. The largest absolute Gasteiger partial charge is 0.462 e. The summed E-state index contributed by atoms with van der Waals surface area (Å²) in [5.74, 6) is 0.103. The Kier molecular flexibility index (Phi) is 5.58. The number of benzene rings is 1. The van der Waals surface area contributed by atoms with Crippen LogP contribution in [0.1, 0.15) is 40.0 Å². The van der Waals surface area contributed by atoms with Gasteiger partial charge in [0, 0.05) is 11.3 Å². The maximum Gasteiger partial charge on any atom is 0.341 e. The number of aromatic nitrogens is 3. The monoisotopic (exact) mass is 382 g/mol. The molecule has 0 saturated heterocycles. The molecule has 0 aliphatic carbocycles. The number of nitrogens with one attached hydrogen (secondary N) is 1. The zero-order chi connectivity index (χ0) is 20.3. The molecule has 0 aliphatic rings. The van der Waals surface area contributed by atoms with Gasteiger partial charge in [-0.3, -0.25) is 4.79 Å². The number of carbonyl (C=O) groups excluding carboxylic acids is 2. The quantitative estimate of drug-likeness (QED) is 0.658. The van der Waals surface area contributed by atoms with Crippen molar-refractivity contribution in [2.45, 2.75) is 34.1 Å². The second kappa shape index (κ2) is 8.08. The minimum Gasteiger partial charge on any atom is -0.462 e. The number of anilines is 1. The van der Waals surface area contributed by atoms with Gasteiger partial charge in [0.05, 0.1) is 36.3 Å². The van der Waals surface area contributed by atoms with Gasteiger partial charge in [0.2, 0.25) is 5.91 Å². The number of nitrogens with zero attached hydrogens (tertiary/aromatic N) is 3. The molecule has 0 unspecified atom stereocenters. The fraction of sp³-hybridized carbons (Fsp3) is 0.300. The van der Waals surface area contributed by atoms with Crippen LogP contribution in [0.25, 0.3) is 5.69 Å². The van der Waals surface area contributed by atoms with Crippen molar-refractivity contribution in [1.29, 1.82) is 0 Å². The minimum atomic E-state index is -0.394. The van der Waals surface area contributed by atoms with E-state index in [9.17, 15) is 9.59 Å². The number of ether oxygens (including phenoxy) is 1. The number of esters is 1. The van der Waals surface area contributed by atoms with Crippen LogP contribution in [-0.2, 0) is 16.0 Å². The number of amides is 1. The minimum absolute atomic E-state index is 0.151. The highest BCUT2D eigenvalue weighted by Crippen LogP contribution is 2.18. The molecule has 0 aliphatic heterocycles. The standard InChI is InChI=1S/C20H22N4O4/c1-5-27-20(26)18-11-21-24(13(18)3)16-8-6-15(7-9-16)22-19(25)10-17-12(2)23-28-14(17)4/h6-9,11H,5,10H2,1-4H3,(H,22,25). The lowest BCUT2D eigenvalue weighted by atomic mass is 10.1. The Balaban J connectivity index is 1.70. The SMILES string of the molecule is CCOC(=O)c1cnn(-c2ccc(NC(=O)Cc3c(C)noc3C)cc2)c1C. The number of hydrogen-bond acceptors (Lipinski definition) is 6. The van der Waals surface area contributed by atoms with Crippen molar-refractivity contribution in [3.05, 3.63) is 58.7 Å². The summed E-state index contributed by atoms with van der Waals surface area (Å²) in [6.45, 7) is 7.47. The Morgan fingerprint density at radius 1 is 1.18 bits per heavy atom. The highest BCUT2D eigenvalue weighted by atomic mass is 16.5. The molecule has 2 aromatic heterocycles. The number of aryl methyl sites for hydroxylation is 2. The van der Waals surface area contributed by atoms with Gasteiger partial charge in [-0.2, -0.15) is 5.10 Å². The van der Waals surface area contributed by atoms with E-state index in [4.69, 9.17) is 9.26 Å². The fourth-order valence-electron chi connectivity index (χ4n) is 2.89. The fourth-order valence-corrected chi connectivity index (χ4v) is 2.89. The summed E-state index contributed by atoms with van der Waals surface area (Å²) in [6, 6.07) is 7.21. The van der Waals surface area contributed by atoms with Gasteiger partial charge in [0.1, 0.15) is 11.3 Å². The third-order valence-electron chi connectivity index (χ3n) is 4.42. The van der Waals surface area contributed by atoms with Gasteiger partial charge in [0.25, 0.3) is 0 Å². The average molecular weight is 382 g/mol. The number of carbonyl (C=O) groups is 2. The van der Waals surface area contributed by atoms with Crippen molar-refractivity contribution in [3.8, 4) is 5.69 Å². The molecule has 0 bridgehead atoms. The Morgan fingerprint density at radius 3 is 2.50 bits per heavy atom. The van der Waals surface area contributed by atoms with Gasteiger partial charge in [-0.15, -0.1) is 0 Å². The second-order valence-electron chi connectivity index (χ2n) is 6.35. The van der Waals surface area contributed by atoms with Crippen LogP contribution in [0.15, 0.2) is 35.0 Å². The molecule has 0 atom stereocenters. The third kappa shape index (κ3) is 3.95. The van der Waals surface area contributed by atoms with Crippen molar-refractivity contribution >= 4 is 17.6 Å². The first-order chi connectivity index (χ1) is 13.4. The number of rotatable bonds is 6. The Morgan fingerprint density at radius 2 is 1.89 bits per heavy atom. The van der Waals surface area contributed by atoms with Crippen LogP contribution in [0.2, 0.25) is 0 Å². The van der Waals surface area contributed by atoms with Gasteiger partial charge >= 0.3 is 5.97 Å². The Bertz CT molecular complexity index is 982. The van der Waals surface area contributed by atoms with E-state index >= 15 is 0 Å². The van der Waals surface area contributed by atoms with Gasteiger partial charge in [0.15, 0.2) is 0 Å². The summed E-state index contributed by atoms with van der Waals surface area (Å²) in [5, 5.41) is 11.0. The third-order valence-corrected chi connectivity index (χ3v) is 4.42. The molecule has 0 fully saturated rings. The highest BCUT2D eigenvalue weighted by molar-refractivity contribution is 5.92. The van der Waals surface area contributed by atoms with Crippen molar-refractivity contribution in [3.63, 3.8) is 0 Å². The summed E-state index contributed by atoms with van der Waals surface area (Å²) in [4.78, 5) is 24.2. The molecule has 146 valence electrons. The molecule has 0 spiro atoms. The van der Waals surface area contributed by atoms with Crippen LogP contribution in [0.4, 0.5) is 5.69 Å². The summed E-state index contributed by atoms with van der Waals surface area (Å²) in [7, 11) is 0. The van der Waals surface area contributed by atoms with Crippen molar-refractivity contribution in [2.24, 2.45) is 0 Å². The highest BCUT2D eigenvalue weighted by Gasteiger charge is 2.16. The summed E-state index contributed by atoms with van der Waals surface area (Å²) in [6.07, 6.45) is 1.69. The first kappa shape index (κ1) is 19.3. The van der Waals surface area contributed by atoms with Crippen LogP contribution in [0.3, 0.4) is 0 Å². The van der Waals surface area contributed by atoms with Crippen molar-refractivity contribution < 1.29 is 18.8 Å². The smallest absolute Gasteiger partial charge is 0.341 e. The molecule has 2 heterocycles. The van der Waals surface area contributed by atoms with Crippen LogP contribution in [0.5, 0.6) is 0 Å². The van der Waals surface area contributed by atoms with Crippen LogP contribution in [-0.4, -0.2) is 33.4 Å². The maximum absolute atomic E-state index is 12.3. The van der Waals surface area contributed by atoms with E-state index in [1.165, 1.54) is 6.20 Å². The first-order valence-electron chi connectivity index (χ1n) is 8.94. The zero-order valence-corrected chi connectivity index (χ0v) is 16.3. The van der Waals surface area contributed by atoms with Crippen LogP contribution < -0.4 is 5.32 Å². The van der Waals surface area contributed by atoms with Gasteiger partial charge in [-0.25, -0.2) is 9.48 Å². The maximum atomic E-state index is 12.3. The van der Waals surface area contributed by atoms with Gasteiger partial charge in [-0.05, 0) is 52.0 Å². The molecule has 1 amide bonds. The van der Waals surface area contributed by atoms with E-state index in [1.54, 1.807) is 37.6 Å². The predicted molar refractivity (Wildman–Crippen MR) is 103 cm³/mol. The van der Waals surface area contributed by atoms with E-state index < -0.39 is 5.97 Å². The molecule has 1 aromatic carbocycles. The number of hydrogen-bond donors (Lipinski definition) is 1. The zero-order valence-electron chi connectivity index (χ0n) is 16.3. The molecule has 3 aromatic rings. The normalized spacial score (nSPS) is 10.7. The lowest BCUT2D eigenvalue weighted by Crippen LogP contribution is -2.15. The van der Waals surface area contributed by atoms with E-state index in [1.807, 2.05) is 19.1 Å². The van der Waals surface area contributed by atoms with Gasteiger partial charge in [-0.1, -0.05) is 5.16 Å². The van der Waals surface area contributed by atoms with E-state index in [-0.39, 0.29) is 12.3 Å². The molecular weight excluding hydrogens is 360 g/mol. The Labute approximate surface area is 162 Å². The van der Waals surface area contributed by atoms with Crippen LogP contribution >= 0.6 is 0 Å². The van der Waals surface area contributed by atoms with E-state index in [0.29, 0.717) is 29.3 Å². The first-order valence-corrected chi connectivity index (χ1v) is 8.94. The van der Waals surface area contributed by atoms with Gasteiger partial charge < -0.3 is 14.6 Å². The van der Waals surface area contributed by atoms with Crippen molar-refractivity contribution in [2.75, 3.05) is 11.9 Å². The topological polar surface area (TPSA) is 99.2 Å². The molecule has 8 nitrogen and oxygen atoms in total. The predicted octanol–water partition coefficient (Wildman–Crippen LogP) is 3.14. The molecule has 0 saturated carbocycles. The summed E-state index contributed by atoms with van der Waals surface area (Å²) in [5.41, 5.74) is 4.07. The van der Waals surface area contributed by atoms with E-state index in [2.05, 4.69) is 15.6 Å². The molecule has 8 heteroatoms. The molecular formula is C20H22N4O4. The second-order valence-corrected chi connectivity index (χ2v) is 6.35. The Hall–Kier alpha value is -3.42. The molecule has 28 heavy (non-hydrogen) atoms. The lowest BCUT2D eigenvalue weighted by molar-refractivity contribution is -0.115. The van der Waals surface area contributed by atoms with E-state index in [0.717, 1.165) is 16.9 Å².